The molecule has 0 aliphatic carbocycles. The first-order chi connectivity index (χ1) is 24.2. The molecule has 3 atom stereocenters. The summed E-state index contributed by atoms with van der Waals surface area (Å²) in [5.41, 5.74) is 22.7. The van der Waals surface area contributed by atoms with E-state index >= 15 is 0 Å². The van der Waals surface area contributed by atoms with Crippen LogP contribution in [0.15, 0.2) is 96.2 Å². The number of nitrogens with one attached hydrogen (secondary N) is 5. The number of carbonyl (C=O) groups is 3. The number of H-pyrrole nitrogens is 2. The number of carbonyl (C=O) groups excluding carboxylic acids is 3. The maximum atomic E-state index is 14.0. The van der Waals surface area contributed by atoms with Gasteiger partial charge in [0, 0.05) is 60.5 Å². The van der Waals surface area contributed by atoms with E-state index in [9.17, 15) is 14.4 Å². The Balaban J connectivity index is 1.31. The van der Waals surface area contributed by atoms with E-state index in [1.54, 1.807) is 6.20 Å². The number of hydrogen-bond donors (Lipinski definition) is 8. The lowest BCUT2D eigenvalue weighted by Gasteiger charge is -2.24. The quantitative estimate of drug-likeness (QED) is 0.0442. The van der Waals surface area contributed by atoms with Crippen molar-refractivity contribution in [2.75, 3.05) is 6.54 Å². The molecule has 2 heterocycles. The van der Waals surface area contributed by atoms with Crippen LogP contribution in [0.1, 0.15) is 35.2 Å². The highest BCUT2D eigenvalue weighted by atomic mass is 16.2. The molecular weight excluding hydrogens is 632 g/mol. The van der Waals surface area contributed by atoms with Gasteiger partial charge in [0.2, 0.25) is 17.7 Å². The molecule has 0 aliphatic heterocycles. The zero-order valence-electron chi connectivity index (χ0n) is 28.0. The van der Waals surface area contributed by atoms with Crippen molar-refractivity contribution in [1.29, 1.82) is 0 Å². The fourth-order valence-corrected chi connectivity index (χ4v) is 5.61. The number of hydrogen-bond acceptors (Lipinski definition) is 6. The first kappa shape index (κ1) is 35.4. The molecule has 13 heteroatoms. The summed E-state index contributed by atoms with van der Waals surface area (Å²) in [5.74, 6) is -0.807. The zero-order valence-corrected chi connectivity index (χ0v) is 28.0. The molecule has 0 radical (unpaired) electrons. The maximum Gasteiger partial charge on any atom is 0.243 e. The highest BCUT2D eigenvalue weighted by Gasteiger charge is 2.29. The first-order valence-corrected chi connectivity index (χ1v) is 16.6. The number of rotatable bonds is 16. The number of aromatic nitrogens is 3. The average molecular weight is 677 g/mol. The van der Waals surface area contributed by atoms with Crippen molar-refractivity contribution in [2.24, 2.45) is 22.2 Å². The lowest BCUT2D eigenvalue weighted by Crippen LogP contribution is -2.56. The van der Waals surface area contributed by atoms with Gasteiger partial charge in [-0.15, -0.1) is 0 Å². The lowest BCUT2D eigenvalue weighted by atomic mass is 10.0. The Morgan fingerprint density at radius 3 is 2.34 bits per heavy atom. The Hall–Kier alpha value is -5.95. The molecule has 0 aliphatic rings. The van der Waals surface area contributed by atoms with Crippen LogP contribution >= 0.6 is 0 Å². The monoisotopic (exact) mass is 676 g/mol. The third-order valence-corrected chi connectivity index (χ3v) is 8.35. The van der Waals surface area contributed by atoms with E-state index in [0.717, 1.165) is 33.2 Å². The van der Waals surface area contributed by atoms with E-state index in [0.29, 0.717) is 17.9 Å². The predicted octanol–water partition coefficient (Wildman–Crippen LogP) is 2.32. The second-order valence-electron chi connectivity index (χ2n) is 12.3. The van der Waals surface area contributed by atoms with Crippen LogP contribution in [0.4, 0.5) is 0 Å². The number of fused-ring (bicyclic) bond motifs is 1. The molecule has 5 aromatic rings. The summed E-state index contributed by atoms with van der Waals surface area (Å²) in [6, 6.07) is 22.1. The Bertz CT molecular complexity index is 1910. The van der Waals surface area contributed by atoms with E-state index in [1.165, 1.54) is 0 Å². The number of guanidine groups is 1. The molecule has 11 N–H and O–H groups in total. The molecule has 0 saturated carbocycles. The van der Waals surface area contributed by atoms with Crippen LogP contribution in [0.2, 0.25) is 0 Å². The smallest absolute Gasteiger partial charge is 0.243 e. The summed E-state index contributed by atoms with van der Waals surface area (Å²) >= 11 is 0. The normalized spacial score (nSPS) is 12.8. The molecule has 5 rings (SSSR count). The summed E-state index contributed by atoms with van der Waals surface area (Å²) in [6.07, 6.45) is 4.48. The topological polar surface area (TPSA) is 222 Å². The van der Waals surface area contributed by atoms with Crippen LogP contribution in [0.5, 0.6) is 0 Å². The number of amides is 3. The van der Waals surface area contributed by atoms with Crippen LogP contribution < -0.4 is 33.2 Å². The van der Waals surface area contributed by atoms with Crippen LogP contribution in [0, 0.1) is 6.92 Å². The van der Waals surface area contributed by atoms with Gasteiger partial charge in [0.1, 0.15) is 17.9 Å². The number of aromatic amines is 2. The maximum absolute atomic E-state index is 14.0. The minimum atomic E-state index is -1.04. The second kappa shape index (κ2) is 16.9. The first-order valence-electron chi connectivity index (χ1n) is 16.6. The fourth-order valence-electron chi connectivity index (χ4n) is 5.61. The Morgan fingerprint density at radius 2 is 1.58 bits per heavy atom. The van der Waals surface area contributed by atoms with Gasteiger partial charge >= 0.3 is 0 Å². The molecule has 50 heavy (non-hydrogen) atoms. The number of aliphatic imine (C=N–C) groups is 1. The summed E-state index contributed by atoms with van der Waals surface area (Å²) in [7, 11) is 0. The number of benzene rings is 3. The van der Waals surface area contributed by atoms with Crippen LogP contribution in [0.3, 0.4) is 0 Å². The van der Waals surface area contributed by atoms with E-state index in [4.69, 9.17) is 17.2 Å². The summed E-state index contributed by atoms with van der Waals surface area (Å²) in [5, 5.41) is 9.56. The van der Waals surface area contributed by atoms with Gasteiger partial charge in [-0.05, 0) is 37.0 Å². The lowest BCUT2D eigenvalue weighted by molar-refractivity contribution is -0.132. The largest absolute Gasteiger partial charge is 0.370 e. The van der Waals surface area contributed by atoms with Gasteiger partial charge in [-0.1, -0.05) is 78.4 Å². The van der Waals surface area contributed by atoms with E-state index in [2.05, 4.69) is 35.9 Å². The SMILES string of the molecule is Cc1ccc(-c2ncc(C[C@H](N)C(=O)N[C@@H](Cc3c[nH]c4ccccc34)C(=O)N[C@@H](CCCN=C(N)N)C(=O)NCc3ccccc3)[nH]2)cc1. The molecule has 0 bridgehead atoms. The van der Waals surface area contributed by atoms with Crippen molar-refractivity contribution < 1.29 is 14.4 Å². The Morgan fingerprint density at radius 1 is 0.860 bits per heavy atom. The van der Waals surface area contributed by atoms with Crippen molar-refractivity contribution in [1.82, 2.24) is 30.9 Å². The van der Waals surface area contributed by atoms with Gasteiger partial charge in [-0.3, -0.25) is 19.4 Å². The van der Waals surface area contributed by atoms with Crippen molar-refractivity contribution in [2.45, 2.75) is 57.3 Å². The van der Waals surface area contributed by atoms with E-state index in [-0.39, 0.29) is 44.2 Å². The Kier molecular flexibility index (Phi) is 12.0. The van der Waals surface area contributed by atoms with Gasteiger partial charge in [-0.2, -0.15) is 0 Å². The summed E-state index contributed by atoms with van der Waals surface area (Å²) in [6.45, 7) is 2.57. The molecule has 0 spiro atoms. The highest BCUT2D eigenvalue weighted by molar-refractivity contribution is 5.94. The molecule has 0 saturated heterocycles. The molecule has 3 amide bonds. The predicted molar refractivity (Wildman–Crippen MR) is 195 cm³/mol. The summed E-state index contributed by atoms with van der Waals surface area (Å²) in [4.78, 5) is 55.9. The highest BCUT2D eigenvalue weighted by Crippen LogP contribution is 2.20. The van der Waals surface area contributed by atoms with E-state index < -0.39 is 29.9 Å². The third kappa shape index (κ3) is 9.80. The molecule has 13 nitrogen and oxygen atoms in total. The van der Waals surface area contributed by atoms with E-state index in [1.807, 2.05) is 92.0 Å². The molecule has 3 aromatic carbocycles. The molecular formula is C37H44N10O3. The van der Waals surface area contributed by atoms with Gasteiger partial charge in [0.25, 0.3) is 0 Å². The van der Waals surface area contributed by atoms with Gasteiger partial charge < -0.3 is 43.1 Å². The number of para-hydroxylation sites is 1. The molecule has 2 aromatic heterocycles. The van der Waals surface area contributed by atoms with Gasteiger partial charge in [0.15, 0.2) is 5.96 Å². The van der Waals surface area contributed by atoms with Crippen LogP contribution in [0.25, 0.3) is 22.3 Å². The number of aryl methyl sites for hydroxylation is 1. The van der Waals surface area contributed by atoms with Gasteiger partial charge in [0.05, 0.1) is 6.04 Å². The van der Waals surface area contributed by atoms with Crippen LogP contribution in [-0.2, 0) is 33.8 Å². The van der Waals surface area contributed by atoms with Crippen molar-refractivity contribution in [3.63, 3.8) is 0 Å². The third-order valence-electron chi connectivity index (χ3n) is 8.35. The fraction of sp³-hybridized carbons (Fsp3) is 0.270. The second-order valence-corrected chi connectivity index (χ2v) is 12.3. The average Bonchev–Trinajstić information content (AvgIpc) is 3.76. The minimum Gasteiger partial charge on any atom is -0.370 e. The number of nitrogens with two attached hydrogens (primary N) is 3. The summed E-state index contributed by atoms with van der Waals surface area (Å²) < 4.78 is 0. The molecule has 0 fully saturated rings. The zero-order chi connectivity index (χ0) is 35.5. The number of nitrogens with zero attached hydrogens (tertiary/aromatic N) is 2. The number of imidazole rings is 1. The van der Waals surface area contributed by atoms with Crippen molar-refractivity contribution >= 4 is 34.6 Å². The van der Waals surface area contributed by atoms with Gasteiger partial charge in [-0.25, -0.2) is 4.98 Å². The molecule has 260 valence electrons. The standard InChI is InChI=1S/C37H44N10O3/c1-23-13-15-25(16-14-23)33-43-22-27(45-33)19-29(38)34(48)47-32(18-26-21-42-30-11-6-5-10-28(26)30)36(50)46-31(12-7-17-41-37(39)40)35(49)44-20-24-8-3-2-4-9-24/h2-6,8-11,13-16,21-22,29,31-32,42H,7,12,17-20,38H2,1H3,(H,43,45)(H,44,49)(H,46,50)(H,47,48)(H4,39,40,41)/t29-,31-,32-/m0/s1. The van der Waals surface area contributed by atoms with Crippen molar-refractivity contribution in [3.8, 4) is 11.4 Å². The minimum absolute atomic E-state index is 0.0570. The van der Waals surface area contributed by atoms with Crippen molar-refractivity contribution in [3.05, 3.63) is 114 Å². The van der Waals surface area contributed by atoms with Crippen LogP contribution in [-0.4, -0.2) is 63.3 Å². The Labute approximate surface area is 290 Å². The molecule has 0 unspecified atom stereocenters.